The molecule has 4 rings (SSSR count). The Balaban J connectivity index is 1.26. The van der Waals surface area contributed by atoms with Crippen molar-refractivity contribution in [1.82, 2.24) is 5.32 Å². The molecular weight excluding hydrogens is 380 g/mol. The number of rotatable bonds is 7. The monoisotopic (exact) mass is 402 g/mol. The van der Waals surface area contributed by atoms with Crippen LogP contribution in [0.3, 0.4) is 0 Å². The normalized spacial score (nSPS) is 12.5. The van der Waals surface area contributed by atoms with Crippen molar-refractivity contribution in [3.63, 3.8) is 0 Å². The molecule has 0 aliphatic carbocycles. The largest absolute Gasteiger partial charge is 0.482 e. The zero-order valence-corrected chi connectivity index (χ0v) is 16.4. The first-order valence-corrected chi connectivity index (χ1v) is 9.72. The van der Waals surface area contributed by atoms with E-state index in [1.54, 1.807) is 18.2 Å². The summed E-state index contributed by atoms with van der Waals surface area (Å²) < 4.78 is 11.1. The van der Waals surface area contributed by atoms with Crippen molar-refractivity contribution in [1.29, 1.82) is 0 Å². The molecule has 30 heavy (non-hydrogen) atoms. The number of anilines is 1. The molecule has 3 aromatic carbocycles. The van der Waals surface area contributed by atoms with Gasteiger partial charge in [0.1, 0.15) is 5.75 Å². The molecule has 1 heterocycles. The molecule has 0 fully saturated rings. The third-order valence-corrected chi connectivity index (χ3v) is 4.73. The summed E-state index contributed by atoms with van der Waals surface area (Å²) in [6.07, 6.45) is 0. The molecule has 1 aliphatic heterocycles. The van der Waals surface area contributed by atoms with Gasteiger partial charge in [0.2, 0.25) is 0 Å². The zero-order valence-electron chi connectivity index (χ0n) is 16.4. The van der Waals surface area contributed by atoms with E-state index in [4.69, 9.17) is 9.47 Å². The van der Waals surface area contributed by atoms with Crippen LogP contribution in [0, 0.1) is 0 Å². The third kappa shape index (κ3) is 5.04. The number of hydrogen-bond donors (Lipinski definition) is 2. The van der Waals surface area contributed by atoms with Crippen molar-refractivity contribution in [3.05, 3.63) is 95.1 Å². The minimum atomic E-state index is -0.200. The van der Waals surface area contributed by atoms with Crippen LogP contribution in [0.25, 0.3) is 0 Å². The van der Waals surface area contributed by atoms with E-state index < -0.39 is 0 Å². The Morgan fingerprint density at radius 1 is 0.933 bits per heavy atom. The molecule has 3 aromatic rings. The Labute approximate surface area is 174 Å². The Kier molecular flexibility index (Phi) is 6.06. The Bertz CT molecular complexity index is 1030. The Morgan fingerprint density at radius 2 is 1.63 bits per heavy atom. The highest BCUT2D eigenvalue weighted by molar-refractivity contribution is 5.98. The topological polar surface area (TPSA) is 76.7 Å². The van der Waals surface area contributed by atoms with E-state index in [1.165, 1.54) is 0 Å². The average Bonchev–Trinajstić information content (AvgIpc) is 2.78. The van der Waals surface area contributed by atoms with Gasteiger partial charge in [-0.25, -0.2) is 0 Å². The minimum absolute atomic E-state index is 0.0422. The van der Waals surface area contributed by atoms with E-state index in [-0.39, 0.29) is 18.4 Å². The molecule has 0 unspecified atom stereocenters. The molecule has 0 radical (unpaired) electrons. The quantitative estimate of drug-likeness (QED) is 0.632. The zero-order chi connectivity index (χ0) is 20.8. The molecule has 6 heteroatoms. The third-order valence-electron chi connectivity index (χ3n) is 4.73. The molecule has 0 spiro atoms. The van der Waals surface area contributed by atoms with Crippen LogP contribution in [0.2, 0.25) is 0 Å². The van der Waals surface area contributed by atoms with Crippen LogP contribution in [0.5, 0.6) is 5.75 Å². The summed E-state index contributed by atoms with van der Waals surface area (Å²) >= 11 is 0. The lowest BCUT2D eigenvalue weighted by atomic mass is 10.1. The molecule has 6 nitrogen and oxygen atoms in total. The van der Waals surface area contributed by atoms with Gasteiger partial charge < -0.3 is 20.1 Å². The first-order valence-electron chi connectivity index (χ1n) is 9.72. The predicted molar refractivity (Wildman–Crippen MR) is 113 cm³/mol. The number of carbonyl (C=O) groups is 2. The van der Waals surface area contributed by atoms with E-state index in [2.05, 4.69) is 10.6 Å². The number of ether oxygens (including phenoxy) is 2. The highest BCUT2D eigenvalue weighted by atomic mass is 16.5. The smallest absolute Gasteiger partial charge is 0.262 e. The molecular formula is C24H22N2O4. The van der Waals surface area contributed by atoms with Gasteiger partial charge in [-0.2, -0.15) is 0 Å². The van der Waals surface area contributed by atoms with Crippen molar-refractivity contribution < 1.29 is 19.1 Å². The molecule has 1 aliphatic rings. The second-order valence-corrected chi connectivity index (χ2v) is 7.03. The average molecular weight is 402 g/mol. The predicted octanol–water partition coefficient (Wildman–Crippen LogP) is 3.66. The molecule has 0 bridgehead atoms. The van der Waals surface area contributed by atoms with Crippen LogP contribution < -0.4 is 15.4 Å². The molecule has 0 atom stereocenters. The number of hydrogen-bond acceptors (Lipinski definition) is 4. The fourth-order valence-corrected chi connectivity index (χ4v) is 3.11. The SMILES string of the molecule is O=C1COc2cc(C(=O)NCc3ccc(COCc4ccccc4)cc3)ccc2N1. The van der Waals surface area contributed by atoms with Gasteiger partial charge in [-0.15, -0.1) is 0 Å². The minimum Gasteiger partial charge on any atom is -0.482 e. The fourth-order valence-electron chi connectivity index (χ4n) is 3.11. The maximum Gasteiger partial charge on any atom is 0.262 e. The lowest BCUT2D eigenvalue weighted by molar-refractivity contribution is -0.118. The second-order valence-electron chi connectivity index (χ2n) is 7.03. The van der Waals surface area contributed by atoms with Crippen LogP contribution in [0.4, 0.5) is 5.69 Å². The highest BCUT2D eigenvalue weighted by Crippen LogP contribution is 2.28. The van der Waals surface area contributed by atoms with Crippen molar-refractivity contribution in [2.45, 2.75) is 19.8 Å². The number of fused-ring (bicyclic) bond motifs is 1. The summed E-state index contributed by atoms with van der Waals surface area (Å²) in [5, 5.41) is 5.61. The van der Waals surface area contributed by atoms with Crippen molar-refractivity contribution in [2.75, 3.05) is 11.9 Å². The number of nitrogens with one attached hydrogen (secondary N) is 2. The van der Waals surface area contributed by atoms with Crippen LogP contribution in [-0.2, 0) is 29.3 Å². The molecule has 2 amide bonds. The highest BCUT2D eigenvalue weighted by Gasteiger charge is 2.17. The molecule has 152 valence electrons. The van der Waals surface area contributed by atoms with Gasteiger partial charge in [-0.3, -0.25) is 9.59 Å². The number of benzene rings is 3. The van der Waals surface area contributed by atoms with E-state index >= 15 is 0 Å². The van der Waals surface area contributed by atoms with Gasteiger partial charge in [0, 0.05) is 12.1 Å². The van der Waals surface area contributed by atoms with Gasteiger partial charge >= 0.3 is 0 Å². The van der Waals surface area contributed by atoms with Crippen LogP contribution in [-0.4, -0.2) is 18.4 Å². The van der Waals surface area contributed by atoms with E-state index in [0.717, 1.165) is 16.7 Å². The van der Waals surface area contributed by atoms with E-state index in [9.17, 15) is 9.59 Å². The van der Waals surface area contributed by atoms with Crippen LogP contribution >= 0.6 is 0 Å². The molecule has 2 N–H and O–H groups in total. The van der Waals surface area contributed by atoms with Crippen LogP contribution in [0.1, 0.15) is 27.0 Å². The number of amides is 2. The van der Waals surface area contributed by atoms with Crippen molar-refractivity contribution >= 4 is 17.5 Å². The van der Waals surface area contributed by atoms with Gasteiger partial charge in [-0.05, 0) is 34.9 Å². The summed E-state index contributed by atoms with van der Waals surface area (Å²) in [5.41, 5.74) is 4.28. The van der Waals surface area contributed by atoms with Gasteiger partial charge in [0.05, 0.1) is 18.9 Å². The maximum atomic E-state index is 12.4. The first-order chi connectivity index (χ1) is 14.7. The summed E-state index contributed by atoms with van der Waals surface area (Å²) in [6.45, 7) is 1.48. The lowest BCUT2D eigenvalue weighted by Gasteiger charge is -2.18. The van der Waals surface area contributed by atoms with Crippen molar-refractivity contribution in [3.8, 4) is 5.75 Å². The standard InChI is InChI=1S/C24H22N2O4/c27-23-16-30-22-12-20(10-11-21(22)26-23)24(28)25-13-17-6-8-19(9-7-17)15-29-14-18-4-2-1-3-5-18/h1-12H,13-16H2,(H,25,28)(H,26,27). The first kappa shape index (κ1) is 19.7. The molecule has 0 aromatic heterocycles. The van der Waals surface area contributed by atoms with Gasteiger partial charge in [-0.1, -0.05) is 54.6 Å². The molecule has 0 saturated carbocycles. The lowest BCUT2D eigenvalue weighted by Crippen LogP contribution is -2.26. The van der Waals surface area contributed by atoms with Gasteiger partial charge in [0.15, 0.2) is 6.61 Å². The summed E-state index contributed by atoms with van der Waals surface area (Å²) in [4.78, 5) is 23.8. The summed E-state index contributed by atoms with van der Waals surface area (Å²) in [6, 6.07) is 23.0. The second kappa shape index (κ2) is 9.24. The Hall–Kier alpha value is -3.64. The van der Waals surface area contributed by atoms with E-state index in [0.29, 0.717) is 36.8 Å². The fraction of sp³-hybridized carbons (Fsp3) is 0.167. The molecule has 0 saturated heterocycles. The van der Waals surface area contributed by atoms with Gasteiger partial charge in [0.25, 0.3) is 11.8 Å². The Morgan fingerprint density at radius 3 is 2.40 bits per heavy atom. The van der Waals surface area contributed by atoms with E-state index in [1.807, 2.05) is 54.6 Å². The van der Waals surface area contributed by atoms with Crippen LogP contribution in [0.15, 0.2) is 72.8 Å². The maximum absolute atomic E-state index is 12.4. The summed E-state index contributed by atoms with van der Waals surface area (Å²) in [7, 11) is 0. The number of carbonyl (C=O) groups excluding carboxylic acids is 2. The van der Waals surface area contributed by atoms with Crippen molar-refractivity contribution in [2.24, 2.45) is 0 Å². The summed E-state index contributed by atoms with van der Waals surface area (Å²) in [5.74, 6) is 0.101.